The van der Waals surface area contributed by atoms with Gasteiger partial charge in [0.25, 0.3) is 5.95 Å². The van der Waals surface area contributed by atoms with Gasteiger partial charge in [-0.1, -0.05) is 0 Å². The van der Waals surface area contributed by atoms with Crippen LogP contribution in [0.5, 0.6) is 0 Å². The van der Waals surface area contributed by atoms with Crippen molar-refractivity contribution in [2.75, 3.05) is 5.32 Å². The highest BCUT2D eigenvalue weighted by Crippen LogP contribution is 2.34. The van der Waals surface area contributed by atoms with E-state index in [0.29, 0.717) is 0 Å². The van der Waals surface area contributed by atoms with Crippen LogP contribution in [0.15, 0.2) is 18.3 Å². The Morgan fingerprint density at radius 2 is 1.93 bits per heavy atom. The van der Waals surface area contributed by atoms with E-state index in [4.69, 9.17) is 0 Å². The van der Waals surface area contributed by atoms with Crippen molar-refractivity contribution in [1.29, 1.82) is 0 Å². The molecular formula is C16H16F5N5O. The summed E-state index contributed by atoms with van der Waals surface area (Å²) < 4.78 is 65.5. The van der Waals surface area contributed by atoms with Crippen molar-refractivity contribution in [2.45, 2.75) is 50.7 Å². The number of hydrogen-bond donors (Lipinski definition) is 1. The van der Waals surface area contributed by atoms with Crippen LogP contribution in [0.3, 0.4) is 0 Å². The first kappa shape index (κ1) is 19.2. The highest BCUT2D eigenvalue weighted by atomic mass is 19.4. The molecule has 0 bridgehead atoms. The molecule has 3 rings (SSSR count). The predicted molar refractivity (Wildman–Crippen MR) is 85.0 cm³/mol. The number of halogens is 5. The molecule has 6 nitrogen and oxygen atoms in total. The van der Waals surface area contributed by atoms with Gasteiger partial charge in [0, 0.05) is 38.1 Å². The third-order valence-electron chi connectivity index (χ3n) is 4.23. The molecule has 0 spiro atoms. The molecule has 2 aromatic heterocycles. The summed E-state index contributed by atoms with van der Waals surface area (Å²) in [6.45, 7) is 1.25. The fraction of sp³-hybridized carbons (Fsp3) is 0.500. The summed E-state index contributed by atoms with van der Waals surface area (Å²) in [7, 11) is 0. The Balaban J connectivity index is 1.87. The molecule has 1 saturated carbocycles. The number of carbonyl (C=O) groups is 1. The molecule has 11 heteroatoms. The summed E-state index contributed by atoms with van der Waals surface area (Å²) in [4.78, 5) is 19.7. The summed E-state index contributed by atoms with van der Waals surface area (Å²) in [6.07, 6.45) is -3.71. The Morgan fingerprint density at radius 3 is 2.48 bits per heavy atom. The quantitative estimate of drug-likeness (QED) is 0.635. The SMILES string of the molecule is CC(=O)c1cc(NC2CCC(F)(F)CC2)nc(-n2ccc(C(F)(F)F)n2)n1. The number of Topliss-reactive ketones (excluding diaryl/α,β-unsaturated/α-hetero) is 1. The molecule has 0 atom stereocenters. The van der Waals surface area contributed by atoms with Crippen molar-refractivity contribution >= 4 is 11.6 Å². The summed E-state index contributed by atoms with van der Waals surface area (Å²) >= 11 is 0. The number of alkyl halides is 5. The lowest BCUT2D eigenvalue weighted by atomic mass is 9.92. The Hall–Kier alpha value is -2.59. The zero-order valence-corrected chi connectivity index (χ0v) is 14.2. The van der Waals surface area contributed by atoms with Crippen LogP contribution in [0.4, 0.5) is 27.8 Å². The Morgan fingerprint density at radius 1 is 1.26 bits per heavy atom. The van der Waals surface area contributed by atoms with E-state index in [2.05, 4.69) is 20.4 Å². The third-order valence-corrected chi connectivity index (χ3v) is 4.23. The zero-order valence-electron chi connectivity index (χ0n) is 14.2. The molecule has 0 saturated heterocycles. The van der Waals surface area contributed by atoms with E-state index in [1.807, 2.05) is 0 Å². The van der Waals surface area contributed by atoms with Gasteiger partial charge in [-0.25, -0.2) is 18.4 Å². The molecule has 1 fully saturated rings. The summed E-state index contributed by atoms with van der Waals surface area (Å²) in [5.74, 6) is -3.16. The molecule has 1 N–H and O–H groups in total. The highest BCUT2D eigenvalue weighted by molar-refractivity contribution is 5.92. The normalized spacial score (nSPS) is 17.7. The number of nitrogens with one attached hydrogen (secondary N) is 1. The number of nitrogens with zero attached hydrogens (tertiary/aromatic N) is 4. The lowest BCUT2D eigenvalue weighted by Crippen LogP contribution is -2.32. The molecule has 0 aliphatic heterocycles. The number of anilines is 1. The van der Waals surface area contributed by atoms with Crippen LogP contribution < -0.4 is 5.32 Å². The Kier molecular flexibility index (Phi) is 4.87. The monoisotopic (exact) mass is 389 g/mol. The van der Waals surface area contributed by atoms with E-state index in [-0.39, 0.29) is 49.2 Å². The van der Waals surface area contributed by atoms with Crippen LogP contribution in [0, 0.1) is 0 Å². The predicted octanol–water partition coefficient (Wildman–Crippen LogP) is 3.87. The average molecular weight is 389 g/mol. The first-order chi connectivity index (χ1) is 12.5. The molecule has 1 aliphatic rings. The third kappa shape index (κ3) is 4.58. The number of carbonyl (C=O) groups excluding carboxylic acids is 1. The maximum Gasteiger partial charge on any atom is 0.435 e. The van der Waals surface area contributed by atoms with Gasteiger partial charge in [0.15, 0.2) is 11.5 Å². The number of ketones is 1. The van der Waals surface area contributed by atoms with Crippen LogP contribution in [0.25, 0.3) is 5.95 Å². The van der Waals surface area contributed by atoms with Gasteiger partial charge in [0.2, 0.25) is 5.92 Å². The van der Waals surface area contributed by atoms with Crippen molar-refractivity contribution < 1.29 is 26.7 Å². The van der Waals surface area contributed by atoms with Crippen molar-refractivity contribution in [1.82, 2.24) is 19.7 Å². The fourth-order valence-corrected chi connectivity index (χ4v) is 2.77. The van der Waals surface area contributed by atoms with E-state index < -0.39 is 23.6 Å². The van der Waals surface area contributed by atoms with Crippen molar-refractivity contribution in [2.24, 2.45) is 0 Å². The maximum atomic E-state index is 13.3. The summed E-state index contributed by atoms with van der Waals surface area (Å²) in [6, 6.07) is 1.82. The van der Waals surface area contributed by atoms with Crippen LogP contribution in [0.1, 0.15) is 48.8 Å². The lowest BCUT2D eigenvalue weighted by Gasteiger charge is -2.29. The smallest absolute Gasteiger partial charge is 0.367 e. The molecular weight excluding hydrogens is 373 g/mol. The largest absolute Gasteiger partial charge is 0.435 e. The van der Waals surface area contributed by atoms with E-state index in [1.165, 1.54) is 13.0 Å². The standard InChI is InChI=1S/C16H16F5N5O/c1-9(27)11-8-13(22-10-2-5-15(17,18)6-3-10)24-14(23-11)26-7-4-12(25-26)16(19,20)21/h4,7-8,10H,2-3,5-6H2,1H3,(H,22,23,24). The minimum atomic E-state index is -4.63. The maximum absolute atomic E-state index is 13.3. The topological polar surface area (TPSA) is 72.7 Å². The van der Waals surface area contributed by atoms with E-state index in [9.17, 15) is 26.7 Å². The summed E-state index contributed by atoms with van der Waals surface area (Å²) in [5.41, 5.74) is -1.14. The second-order valence-electron chi connectivity index (χ2n) is 6.41. The second kappa shape index (κ2) is 6.86. The van der Waals surface area contributed by atoms with Crippen molar-refractivity contribution in [3.8, 4) is 5.95 Å². The van der Waals surface area contributed by atoms with Gasteiger partial charge in [-0.3, -0.25) is 4.79 Å². The van der Waals surface area contributed by atoms with Gasteiger partial charge in [-0.15, -0.1) is 0 Å². The van der Waals surface area contributed by atoms with Crippen LogP contribution >= 0.6 is 0 Å². The van der Waals surface area contributed by atoms with Crippen LogP contribution in [-0.4, -0.2) is 37.5 Å². The minimum absolute atomic E-state index is 0.0207. The highest BCUT2D eigenvalue weighted by Gasteiger charge is 2.35. The van der Waals surface area contributed by atoms with Gasteiger partial charge in [0.05, 0.1) is 0 Å². The van der Waals surface area contributed by atoms with Crippen molar-refractivity contribution in [3.05, 3.63) is 29.7 Å². The van der Waals surface area contributed by atoms with Crippen LogP contribution in [-0.2, 0) is 6.18 Å². The molecule has 1 aliphatic carbocycles. The van der Waals surface area contributed by atoms with Crippen LogP contribution in [0.2, 0.25) is 0 Å². The van der Waals surface area contributed by atoms with E-state index >= 15 is 0 Å². The summed E-state index contributed by atoms with van der Waals surface area (Å²) in [5, 5.41) is 6.35. The Bertz CT molecular complexity index is 838. The van der Waals surface area contributed by atoms with Gasteiger partial charge >= 0.3 is 6.18 Å². The number of hydrogen-bond acceptors (Lipinski definition) is 5. The molecule has 0 amide bonds. The molecule has 0 radical (unpaired) electrons. The van der Waals surface area contributed by atoms with Gasteiger partial charge in [-0.05, 0) is 18.9 Å². The first-order valence-electron chi connectivity index (χ1n) is 8.21. The Labute approximate surface area is 150 Å². The van der Waals surface area contributed by atoms with Gasteiger partial charge in [0.1, 0.15) is 11.5 Å². The number of aromatic nitrogens is 4. The molecule has 2 aromatic rings. The molecule has 2 heterocycles. The van der Waals surface area contributed by atoms with E-state index in [0.717, 1.165) is 16.9 Å². The molecule has 146 valence electrons. The fourth-order valence-electron chi connectivity index (χ4n) is 2.77. The second-order valence-corrected chi connectivity index (χ2v) is 6.41. The van der Waals surface area contributed by atoms with Crippen molar-refractivity contribution in [3.63, 3.8) is 0 Å². The molecule has 0 aromatic carbocycles. The van der Waals surface area contributed by atoms with Gasteiger partial charge in [-0.2, -0.15) is 23.3 Å². The minimum Gasteiger partial charge on any atom is -0.367 e. The number of rotatable bonds is 4. The van der Waals surface area contributed by atoms with E-state index in [1.54, 1.807) is 0 Å². The molecule has 0 unspecified atom stereocenters. The van der Waals surface area contributed by atoms with Gasteiger partial charge < -0.3 is 5.32 Å². The first-order valence-corrected chi connectivity index (χ1v) is 8.21. The molecule has 27 heavy (non-hydrogen) atoms. The zero-order chi connectivity index (χ0) is 19.8. The average Bonchev–Trinajstić information content (AvgIpc) is 3.07. The lowest BCUT2D eigenvalue weighted by molar-refractivity contribution is -0.141.